The fraction of sp³-hybridized carbons (Fsp3) is 0.417. The lowest BCUT2D eigenvalue weighted by molar-refractivity contribution is -0.113. The third kappa shape index (κ3) is 4.98. The Morgan fingerprint density at radius 2 is 2.29 bits per heavy atom. The van der Waals surface area contributed by atoms with E-state index in [0.717, 1.165) is 11.3 Å². The molecule has 1 aromatic rings. The van der Waals surface area contributed by atoms with Crippen LogP contribution in [0.5, 0.6) is 0 Å². The summed E-state index contributed by atoms with van der Waals surface area (Å²) in [6.45, 7) is 4.51. The van der Waals surface area contributed by atoms with Crippen molar-refractivity contribution in [2.45, 2.75) is 19.1 Å². The second kappa shape index (κ2) is 6.89. The minimum atomic E-state index is -0.0272. The lowest BCUT2D eigenvalue weighted by Crippen LogP contribution is -2.19. The summed E-state index contributed by atoms with van der Waals surface area (Å²) in [6.07, 6.45) is 0. The van der Waals surface area contributed by atoms with E-state index >= 15 is 0 Å². The lowest BCUT2D eigenvalue weighted by Gasteiger charge is -2.10. The highest BCUT2D eigenvalue weighted by atomic mass is 35.5. The Kier molecular flexibility index (Phi) is 5.82. The summed E-state index contributed by atoms with van der Waals surface area (Å²) in [5.74, 6) is 0.380. The van der Waals surface area contributed by atoms with Crippen molar-refractivity contribution in [1.29, 1.82) is 0 Å². The average molecular weight is 273 g/mol. The van der Waals surface area contributed by atoms with Crippen molar-refractivity contribution in [2.24, 2.45) is 5.73 Å². The molecule has 3 nitrogen and oxygen atoms in total. The van der Waals surface area contributed by atoms with Crippen molar-refractivity contribution in [1.82, 2.24) is 0 Å². The fourth-order valence-corrected chi connectivity index (χ4v) is 2.02. The van der Waals surface area contributed by atoms with Gasteiger partial charge < -0.3 is 11.1 Å². The Morgan fingerprint density at radius 1 is 1.59 bits per heavy atom. The molecular weight excluding hydrogens is 256 g/mol. The smallest absolute Gasteiger partial charge is 0.234 e. The van der Waals surface area contributed by atoms with E-state index in [1.54, 1.807) is 23.9 Å². The van der Waals surface area contributed by atoms with E-state index < -0.39 is 0 Å². The van der Waals surface area contributed by atoms with Crippen LogP contribution in [-0.4, -0.2) is 23.5 Å². The Morgan fingerprint density at radius 3 is 2.94 bits per heavy atom. The fourth-order valence-electron chi connectivity index (χ4n) is 1.20. The van der Waals surface area contributed by atoms with Crippen molar-refractivity contribution in [3.8, 4) is 0 Å². The summed E-state index contributed by atoms with van der Waals surface area (Å²) < 4.78 is 0. The summed E-state index contributed by atoms with van der Waals surface area (Å²) >= 11 is 7.42. The number of thioether (sulfide) groups is 1. The molecular formula is C12H17ClN2OS. The number of rotatable bonds is 5. The van der Waals surface area contributed by atoms with E-state index in [9.17, 15) is 4.79 Å². The summed E-state index contributed by atoms with van der Waals surface area (Å²) in [7, 11) is 0. The lowest BCUT2D eigenvalue weighted by atomic mass is 10.2. The predicted molar refractivity (Wildman–Crippen MR) is 75.8 cm³/mol. The molecule has 0 radical (unpaired) electrons. The normalized spacial score (nSPS) is 12.2. The third-order valence-electron chi connectivity index (χ3n) is 2.30. The summed E-state index contributed by atoms with van der Waals surface area (Å²) in [6, 6.07) is 5.44. The Labute approximate surface area is 111 Å². The number of nitrogens with two attached hydrogens (primary N) is 1. The van der Waals surface area contributed by atoms with Gasteiger partial charge in [-0.25, -0.2) is 0 Å². The molecule has 1 aromatic carbocycles. The summed E-state index contributed by atoms with van der Waals surface area (Å²) in [5, 5.41) is 3.76. The van der Waals surface area contributed by atoms with E-state index in [4.69, 9.17) is 17.3 Å². The number of carbonyl (C=O) groups is 1. The molecule has 3 N–H and O–H groups in total. The van der Waals surface area contributed by atoms with Gasteiger partial charge in [-0.2, -0.15) is 0 Å². The van der Waals surface area contributed by atoms with Gasteiger partial charge in [0.1, 0.15) is 0 Å². The van der Waals surface area contributed by atoms with E-state index in [-0.39, 0.29) is 5.91 Å². The summed E-state index contributed by atoms with van der Waals surface area (Å²) in [4.78, 5) is 11.7. The maximum atomic E-state index is 11.7. The third-order valence-corrected chi connectivity index (χ3v) is 3.73. The molecule has 17 heavy (non-hydrogen) atoms. The zero-order valence-corrected chi connectivity index (χ0v) is 11.6. The molecule has 0 saturated heterocycles. The van der Waals surface area contributed by atoms with E-state index in [1.807, 2.05) is 19.9 Å². The molecule has 1 atom stereocenters. The first kappa shape index (κ1) is 14.4. The van der Waals surface area contributed by atoms with Gasteiger partial charge in [-0.1, -0.05) is 24.6 Å². The molecule has 0 spiro atoms. The molecule has 94 valence electrons. The molecule has 0 bridgehead atoms. The zero-order chi connectivity index (χ0) is 12.8. The second-order valence-corrected chi connectivity index (χ2v) is 5.73. The number of hydrogen-bond donors (Lipinski definition) is 2. The van der Waals surface area contributed by atoms with Gasteiger partial charge in [0.05, 0.1) is 5.75 Å². The highest BCUT2D eigenvalue weighted by Crippen LogP contribution is 2.20. The van der Waals surface area contributed by atoms with Gasteiger partial charge in [0.2, 0.25) is 5.91 Å². The van der Waals surface area contributed by atoms with Crippen molar-refractivity contribution in [2.75, 3.05) is 17.6 Å². The average Bonchev–Trinajstić information content (AvgIpc) is 2.30. The van der Waals surface area contributed by atoms with E-state index in [2.05, 4.69) is 5.32 Å². The minimum absolute atomic E-state index is 0.0272. The van der Waals surface area contributed by atoms with Crippen LogP contribution in [0.15, 0.2) is 18.2 Å². The molecule has 1 rings (SSSR count). The highest BCUT2D eigenvalue weighted by molar-refractivity contribution is 8.00. The van der Waals surface area contributed by atoms with Crippen LogP contribution in [0.4, 0.5) is 5.69 Å². The van der Waals surface area contributed by atoms with Crippen LogP contribution in [0.2, 0.25) is 5.02 Å². The second-order valence-electron chi connectivity index (χ2n) is 3.86. The van der Waals surface area contributed by atoms with Gasteiger partial charge in [0, 0.05) is 22.5 Å². The SMILES string of the molecule is Cc1ccc(Cl)cc1NC(=O)CSC(C)CN. The van der Waals surface area contributed by atoms with Crippen LogP contribution in [0, 0.1) is 6.92 Å². The van der Waals surface area contributed by atoms with Gasteiger partial charge in [0.25, 0.3) is 0 Å². The number of benzene rings is 1. The van der Waals surface area contributed by atoms with Gasteiger partial charge in [-0.3, -0.25) is 4.79 Å². The Hall–Kier alpha value is -0.710. The van der Waals surface area contributed by atoms with Gasteiger partial charge in [-0.15, -0.1) is 11.8 Å². The van der Waals surface area contributed by atoms with Crippen LogP contribution in [0.25, 0.3) is 0 Å². The Bertz CT molecular complexity index is 398. The van der Waals surface area contributed by atoms with Gasteiger partial charge in [0.15, 0.2) is 0 Å². The molecule has 0 aliphatic carbocycles. The highest BCUT2D eigenvalue weighted by Gasteiger charge is 2.07. The van der Waals surface area contributed by atoms with Crippen molar-refractivity contribution in [3.05, 3.63) is 28.8 Å². The molecule has 0 fully saturated rings. The van der Waals surface area contributed by atoms with Crippen molar-refractivity contribution >= 4 is 35.0 Å². The molecule has 1 amide bonds. The maximum Gasteiger partial charge on any atom is 0.234 e. The first-order chi connectivity index (χ1) is 8.02. The number of aryl methyl sites for hydroxylation is 1. The van der Waals surface area contributed by atoms with Crippen LogP contribution < -0.4 is 11.1 Å². The molecule has 0 aliphatic rings. The maximum absolute atomic E-state index is 11.7. The number of amides is 1. The van der Waals surface area contributed by atoms with Crippen molar-refractivity contribution in [3.63, 3.8) is 0 Å². The monoisotopic (exact) mass is 272 g/mol. The Balaban J connectivity index is 2.53. The van der Waals surface area contributed by atoms with Crippen LogP contribution in [0.1, 0.15) is 12.5 Å². The van der Waals surface area contributed by atoms with Crippen molar-refractivity contribution < 1.29 is 4.79 Å². The molecule has 0 saturated carbocycles. The number of carbonyl (C=O) groups excluding carboxylic acids is 1. The topological polar surface area (TPSA) is 55.1 Å². The first-order valence-corrected chi connectivity index (χ1v) is 6.83. The van der Waals surface area contributed by atoms with E-state index in [0.29, 0.717) is 22.6 Å². The van der Waals surface area contributed by atoms with Crippen LogP contribution in [0.3, 0.4) is 0 Å². The number of halogens is 1. The molecule has 0 aliphatic heterocycles. The largest absolute Gasteiger partial charge is 0.329 e. The van der Waals surface area contributed by atoms with Crippen LogP contribution >= 0.6 is 23.4 Å². The standard InChI is InChI=1S/C12H17ClN2OS/c1-8-3-4-10(13)5-11(8)15-12(16)7-17-9(2)6-14/h3-5,9H,6-7,14H2,1-2H3,(H,15,16). The molecule has 5 heteroatoms. The molecule has 1 unspecified atom stereocenters. The first-order valence-electron chi connectivity index (χ1n) is 5.40. The zero-order valence-electron chi connectivity index (χ0n) is 10.00. The predicted octanol–water partition coefficient (Wildman–Crippen LogP) is 2.67. The molecule has 0 heterocycles. The number of anilines is 1. The van der Waals surface area contributed by atoms with Gasteiger partial charge >= 0.3 is 0 Å². The van der Waals surface area contributed by atoms with E-state index in [1.165, 1.54) is 0 Å². The number of hydrogen-bond acceptors (Lipinski definition) is 3. The van der Waals surface area contributed by atoms with Gasteiger partial charge in [-0.05, 0) is 24.6 Å². The molecule has 0 aromatic heterocycles. The minimum Gasteiger partial charge on any atom is -0.329 e. The quantitative estimate of drug-likeness (QED) is 0.866. The summed E-state index contributed by atoms with van der Waals surface area (Å²) in [5.41, 5.74) is 7.25. The van der Waals surface area contributed by atoms with Crippen LogP contribution in [-0.2, 0) is 4.79 Å². The number of nitrogens with one attached hydrogen (secondary N) is 1.